The molecule has 1 aromatic heterocycles. The number of para-hydroxylation sites is 2. The monoisotopic (exact) mass is 278 g/mol. The maximum Gasteiger partial charge on any atom is 0.222 e. The van der Waals surface area contributed by atoms with Crippen molar-refractivity contribution >= 4 is 23.2 Å². The first-order chi connectivity index (χ1) is 10.3. The van der Waals surface area contributed by atoms with Crippen LogP contribution in [0.1, 0.15) is 24.8 Å². The number of rotatable bonds is 5. The molecule has 1 heterocycles. The van der Waals surface area contributed by atoms with Crippen LogP contribution in [0.25, 0.3) is 11.0 Å². The van der Waals surface area contributed by atoms with Gasteiger partial charge in [-0.3, -0.25) is 0 Å². The maximum atomic E-state index is 4.41. The minimum absolute atomic E-state index is 0.451. The van der Waals surface area contributed by atoms with Gasteiger partial charge in [-0.1, -0.05) is 49.4 Å². The van der Waals surface area contributed by atoms with Gasteiger partial charge in [0.2, 0.25) is 5.95 Å². The van der Waals surface area contributed by atoms with Crippen molar-refractivity contribution in [1.82, 2.24) is 9.97 Å². The third-order valence-electron chi connectivity index (χ3n) is 3.48. The fourth-order valence-corrected chi connectivity index (χ4v) is 2.24. The van der Waals surface area contributed by atoms with E-state index in [0.29, 0.717) is 11.9 Å². The second-order valence-electron chi connectivity index (χ2n) is 5.07. The Morgan fingerprint density at radius 3 is 2.71 bits per heavy atom. The number of nitrogens with zero attached hydrogens (tertiary/aromatic N) is 2. The molecule has 0 bridgehead atoms. The summed E-state index contributed by atoms with van der Waals surface area (Å²) in [6.45, 7) is 2.20. The molecule has 21 heavy (non-hydrogen) atoms. The zero-order valence-electron chi connectivity index (χ0n) is 12.0. The van der Waals surface area contributed by atoms with Crippen LogP contribution < -0.4 is 5.43 Å². The topological polar surface area (TPSA) is 53.1 Å². The SMILES string of the molecule is CC(C/C=N\Nc1nc2ccccc2[nH]1)c1ccccc1. The lowest BCUT2D eigenvalue weighted by Crippen LogP contribution is -1.96. The number of fused-ring (bicyclic) bond motifs is 1. The fourth-order valence-electron chi connectivity index (χ4n) is 2.24. The van der Waals surface area contributed by atoms with E-state index < -0.39 is 0 Å². The molecule has 1 atom stereocenters. The number of H-pyrrole nitrogens is 1. The molecular weight excluding hydrogens is 260 g/mol. The number of nitrogens with one attached hydrogen (secondary N) is 2. The van der Waals surface area contributed by atoms with Gasteiger partial charge >= 0.3 is 0 Å². The minimum atomic E-state index is 0.451. The van der Waals surface area contributed by atoms with Crippen LogP contribution >= 0.6 is 0 Å². The average Bonchev–Trinajstić information content (AvgIpc) is 2.95. The molecule has 0 saturated heterocycles. The highest BCUT2D eigenvalue weighted by Crippen LogP contribution is 2.17. The van der Waals surface area contributed by atoms with E-state index in [1.807, 2.05) is 36.5 Å². The third-order valence-corrected chi connectivity index (χ3v) is 3.48. The number of hydrazone groups is 1. The van der Waals surface area contributed by atoms with Crippen LogP contribution in [0.5, 0.6) is 0 Å². The van der Waals surface area contributed by atoms with Gasteiger partial charge in [-0.25, -0.2) is 10.4 Å². The Hall–Kier alpha value is -2.62. The molecule has 0 aliphatic carbocycles. The molecule has 0 aliphatic heterocycles. The molecule has 0 saturated carbocycles. The number of benzene rings is 2. The van der Waals surface area contributed by atoms with E-state index in [0.717, 1.165) is 17.5 Å². The molecule has 0 spiro atoms. The van der Waals surface area contributed by atoms with E-state index in [2.05, 4.69) is 51.7 Å². The molecule has 3 aromatic rings. The van der Waals surface area contributed by atoms with Crippen molar-refractivity contribution in [3.63, 3.8) is 0 Å². The normalized spacial score (nSPS) is 12.8. The summed E-state index contributed by atoms with van der Waals surface area (Å²) in [7, 11) is 0. The van der Waals surface area contributed by atoms with Crippen molar-refractivity contribution in [2.24, 2.45) is 5.10 Å². The smallest absolute Gasteiger partial charge is 0.222 e. The summed E-state index contributed by atoms with van der Waals surface area (Å²) >= 11 is 0. The lowest BCUT2D eigenvalue weighted by Gasteiger charge is -2.07. The fraction of sp³-hybridized carbons (Fsp3) is 0.176. The van der Waals surface area contributed by atoms with Crippen LogP contribution in [0.2, 0.25) is 0 Å². The minimum Gasteiger partial charge on any atom is -0.323 e. The van der Waals surface area contributed by atoms with Gasteiger partial charge in [0.25, 0.3) is 0 Å². The Bertz CT molecular complexity index is 698. The van der Waals surface area contributed by atoms with Gasteiger partial charge in [0, 0.05) is 6.21 Å². The van der Waals surface area contributed by atoms with Crippen LogP contribution in [-0.2, 0) is 0 Å². The van der Waals surface area contributed by atoms with Crippen molar-refractivity contribution in [2.75, 3.05) is 5.43 Å². The lowest BCUT2D eigenvalue weighted by atomic mass is 9.99. The van der Waals surface area contributed by atoms with E-state index in [1.54, 1.807) is 0 Å². The molecule has 0 amide bonds. The average molecular weight is 278 g/mol. The number of hydrogen-bond donors (Lipinski definition) is 2. The first-order valence-corrected chi connectivity index (χ1v) is 7.10. The molecule has 4 heteroatoms. The molecule has 4 nitrogen and oxygen atoms in total. The highest BCUT2D eigenvalue weighted by Gasteiger charge is 2.02. The first-order valence-electron chi connectivity index (χ1n) is 7.10. The summed E-state index contributed by atoms with van der Waals surface area (Å²) < 4.78 is 0. The summed E-state index contributed by atoms with van der Waals surface area (Å²) in [4.78, 5) is 7.59. The molecule has 106 valence electrons. The van der Waals surface area contributed by atoms with Gasteiger partial charge in [-0.15, -0.1) is 0 Å². The van der Waals surface area contributed by atoms with Crippen LogP contribution in [-0.4, -0.2) is 16.2 Å². The van der Waals surface area contributed by atoms with Crippen molar-refractivity contribution in [3.8, 4) is 0 Å². The van der Waals surface area contributed by atoms with Crippen molar-refractivity contribution in [2.45, 2.75) is 19.3 Å². The Balaban J connectivity index is 1.57. The Morgan fingerprint density at radius 2 is 1.90 bits per heavy atom. The van der Waals surface area contributed by atoms with E-state index in [4.69, 9.17) is 0 Å². The van der Waals surface area contributed by atoms with Gasteiger partial charge in [0.1, 0.15) is 0 Å². The number of imidazole rings is 1. The number of anilines is 1. The van der Waals surface area contributed by atoms with Crippen LogP contribution in [0.3, 0.4) is 0 Å². The summed E-state index contributed by atoms with van der Waals surface area (Å²) in [5, 5.41) is 4.23. The standard InChI is InChI=1S/C17H18N4/c1-13(14-7-3-2-4-8-14)11-12-18-21-17-19-15-9-5-6-10-16(15)20-17/h2-10,12-13H,11H2,1H3,(H2,19,20,21)/b18-12-. The summed E-state index contributed by atoms with van der Waals surface area (Å²) in [5.74, 6) is 1.12. The Kier molecular flexibility index (Phi) is 3.96. The summed E-state index contributed by atoms with van der Waals surface area (Å²) in [6, 6.07) is 18.4. The largest absolute Gasteiger partial charge is 0.323 e. The second-order valence-corrected chi connectivity index (χ2v) is 5.07. The molecule has 1 unspecified atom stereocenters. The number of aromatic amines is 1. The predicted octanol–water partition coefficient (Wildman–Crippen LogP) is 4.15. The van der Waals surface area contributed by atoms with E-state index in [9.17, 15) is 0 Å². The quantitative estimate of drug-likeness (QED) is 0.544. The molecule has 0 fully saturated rings. The zero-order chi connectivity index (χ0) is 14.5. The lowest BCUT2D eigenvalue weighted by molar-refractivity contribution is 0.812. The third kappa shape index (κ3) is 3.28. The Morgan fingerprint density at radius 1 is 1.14 bits per heavy atom. The maximum absolute atomic E-state index is 4.41. The van der Waals surface area contributed by atoms with Crippen molar-refractivity contribution in [1.29, 1.82) is 0 Å². The number of aromatic nitrogens is 2. The summed E-state index contributed by atoms with van der Waals surface area (Å²) in [6.07, 6.45) is 2.78. The summed E-state index contributed by atoms with van der Waals surface area (Å²) in [5.41, 5.74) is 6.22. The molecule has 0 aliphatic rings. The van der Waals surface area contributed by atoms with Crippen LogP contribution in [0.15, 0.2) is 59.7 Å². The van der Waals surface area contributed by atoms with Gasteiger partial charge < -0.3 is 4.98 Å². The highest BCUT2D eigenvalue weighted by atomic mass is 15.3. The molecule has 2 aromatic carbocycles. The van der Waals surface area contributed by atoms with E-state index in [-0.39, 0.29) is 0 Å². The zero-order valence-corrected chi connectivity index (χ0v) is 12.0. The first kappa shape index (κ1) is 13.4. The molecule has 0 radical (unpaired) electrons. The molecule has 3 rings (SSSR count). The highest BCUT2D eigenvalue weighted by molar-refractivity contribution is 5.77. The van der Waals surface area contributed by atoms with Gasteiger partial charge in [-0.05, 0) is 30.0 Å². The number of hydrogen-bond acceptors (Lipinski definition) is 3. The van der Waals surface area contributed by atoms with Crippen LogP contribution in [0, 0.1) is 0 Å². The van der Waals surface area contributed by atoms with Crippen LogP contribution in [0.4, 0.5) is 5.95 Å². The van der Waals surface area contributed by atoms with Gasteiger partial charge in [0.05, 0.1) is 11.0 Å². The Labute approximate surface area is 123 Å². The van der Waals surface area contributed by atoms with Crippen molar-refractivity contribution < 1.29 is 0 Å². The van der Waals surface area contributed by atoms with Gasteiger partial charge in [0.15, 0.2) is 0 Å². The predicted molar refractivity (Wildman–Crippen MR) is 87.7 cm³/mol. The molecule has 2 N–H and O–H groups in total. The second kappa shape index (κ2) is 6.22. The van der Waals surface area contributed by atoms with Crippen molar-refractivity contribution in [3.05, 3.63) is 60.2 Å². The van der Waals surface area contributed by atoms with E-state index in [1.165, 1.54) is 5.56 Å². The molecular formula is C17H18N4. The van der Waals surface area contributed by atoms with Gasteiger partial charge in [-0.2, -0.15) is 5.10 Å². The van der Waals surface area contributed by atoms with E-state index >= 15 is 0 Å².